The maximum absolute atomic E-state index is 12.8. The predicted octanol–water partition coefficient (Wildman–Crippen LogP) is 3.37. The molecule has 0 spiro atoms. The number of piperidine rings is 1. The van der Waals surface area contributed by atoms with E-state index < -0.39 is 5.97 Å². The third-order valence-electron chi connectivity index (χ3n) is 5.66. The van der Waals surface area contributed by atoms with Gasteiger partial charge in [-0.1, -0.05) is 12.1 Å². The number of ether oxygens (including phenoxy) is 3. The van der Waals surface area contributed by atoms with E-state index in [1.807, 2.05) is 25.1 Å². The summed E-state index contributed by atoms with van der Waals surface area (Å²) in [5.74, 6) is 1.16. The lowest BCUT2D eigenvalue weighted by Gasteiger charge is -2.32. The number of esters is 1. The molecule has 0 unspecified atom stereocenters. The van der Waals surface area contributed by atoms with Crippen molar-refractivity contribution < 1.29 is 28.6 Å². The number of benzene rings is 2. The van der Waals surface area contributed by atoms with Crippen LogP contribution < -0.4 is 19.5 Å². The van der Waals surface area contributed by atoms with Crippen LogP contribution in [0.3, 0.4) is 0 Å². The molecule has 1 heterocycles. The summed E-state index contributed by atoms with van der Waals surface area (Å²) in [6, 6.07) is 12.4. The zero-order valence-electron chi connectivity index (χ0n) is 20.0. The van der Waals surface area contributed by atoms with Crippen molar-refractivity contribution in [3.63, 3.8) is 0 Å². The molecule has 8 heteroatoms. The average Bonchev–Trinajstić information content (AvgIpc) is 2.83. The van der Waals surface area contributed by atoms with Crippen LogP contribution in [-0.4, -0.2) is 55.5 Å². The molecule has 0 saturated carbocycles. The fourth-order valence-corrected chi connectivity index (χ4v) is 3.97. The molecule has 2 aromatic carbocycles. The number of rotatable bonds is 9. The summed E-state index contributed by atoms with van der Waals surface area (Å²) in [7, 11) is 1.60. The molecule has 1 aliphatic heterocycles. The third kappa shape index (κ3) is 6.97. The number of hydrogen-bond donors (Lipinski definition) is 1. The number of likely N-dealkylation sites (tertiary alicyclic amines) is 1. The minimum Gasteiger partial charge on any atom is -0.493 e. The maximum atomic E-state index is 12.8. The van der Waals surface area contributed by atoms with Crippen LogP contribution in [-0.2, 0) is 16.0 Å². The van der Waals surface area contributed by atoms with E-state index in [9.17, 15) is 14.4 Å². The molecule has 3 rings (SSSR count). The Bertz CT molecular complexity index is 1010. The molecule has 182 valence electrons. The van der Waals surface area contributed by atoms with Crippen molar-refractivity contribution in [3.05, 3.63) is 53.6 Å². The fourth-order valence-electron chi connectivity index (χ4n) is 3.97. The van der Waals surface area contributed by atoms with E-state index in [1.165, 1.54) is 6.92 Å². The molecule has 1 saturated heterocycles. The Balaban J connectivity index is 1.45. The predicted molar refractivity (Wildman–Crippen MR) is 127 cm³/mol. The molecule has 0 aliphatic carbocycles. The Labute approximate surface area is 200 Å². The number of aryl methyl sites for hydroxylation is 1. The van der Waals surface area contributed by atoms with Crippen LogP contribution in [0.2, 0.25) is 0 Å². The van der Waals surface area contributed by atoms with Gasteiger partial charge in [0, 0.05) is 38.0 Å². The topological polar surface area (TPSA) is 94.2 Å². The van der Waals surface area contributed by atoms with Crippen molar-refractivity contribution >= 4 is 17.8 Å². The van der Waals surface area contributed by atoms with E-state index >= 15 is 0 Å². The molecule has 0 aromatic heterocycles. The molecule has 0 atom stereocenters. The maximum Gasteiger partial charge on any atom is 0.308 e. The molecule has 2 aromatic rings. The van der Waals surface area contributed by atoms with Gasteiger partial charge in [0.2, 0.25) is 5.91 Å². The third-order valence-corrected chi connectivity index (χ3v) is 5.66. The Hall–Kier alpha value is -3.55. The minimum atomic E-state index is -0.428. The zero-order valence-corrected chi connectivity index (χ0v) is 20.0. The van der Waals surface area contributed by atoms with Crippen molar-refractivity contribution in [1.29, 1.82) is 0 Å². The Morgan fingerprint density at radius 2 is 1.82 bits per heavy atom. The molecule has 8 nitrogen and oxygen atoms in total. The second-order valence-electron chi connectivity index (χ2n) is 8.17. The average molecular weight is 469 g/mol. The standard InChI is InChI=1S/C26H32N2O6/c1-4-33-23-10-8-19(16-24(23)32-3)9-11-25(30)27-21-12-14-28(15-13-21)26(31)20-6-5-7-22(17-20)34-18(2)29/h5-8,10,16-17,21H,4,9,11-15H2,1-3H3,(H,27,30). The first-order valence-electron chi connectivity index (χ1n) is 11.6. The summed E-state index contributed by atoms with van der Waals surface area (Å²) in [4.78, 5) is 38.2. The second-order valence-corrected chi connectivity index (χ2v) is 8.17. The lowest BCUT2D eigenvalue weighted by atomic mass is 10.0. The van der Waals surface area contributed by atoms with E-state index in [0.29, 0.717) is 68.2 Å². The monoisotopic (exact) mass is 468 g/mol. The van der Waals surface area contributed by atoms with Crippen molar-refractivity contribution in [1.82, 2.24) is 10.2 Å². The van der Waals surface area contributed by atoms with Gasteiger partial charge in [-0.2, -0.15) is 0 Å². The highest BCUT2D eigenvalue weighted by Crippen LogP contribution is 2.28. The van der Waals surface area contributed by atoms with Crippen LogP contribution >= 0.6 is 0 Å². The SMILES string of the molecule is CCOc1ccc(CCC(=O)NC2CCN(C(=O)c3cccc(OC(C)=O)c3)CC2)cc1OC. The summed E-state index contributed by atoms with van der Waals surface area (Å²) in [6.45, 7) is 4.91. The number of methoxy groups -OCH3 is 1. The number of nitrogens with zero attached hydrogens (tertiary/aromatic N) is 1. The summed E-state index contributed by atoms with van der Waals surface area (Å²) < 4.78 is 16.0. The highest BCUT2D eigenvalue weighted by molar-refractivity contribution is 5.94. The smallest absolute Gasteiger partial charge is 0.308 e. The Morgan fingerprint density at radius 3 is 2.50 bits per heavy atom. The van der Waals surface area contributed by atoms with Crippen LogP contribution in [0.5, 0.6) is 17.2 Å². The van der Waals surface area contributed by atoms with Crippen LogP contribution in [0.4, 0.5) is 0 Å². The molecule has 1 fully saturated rings. The molecule has 0 bridgehead atoms. The van der Waals surface area contributed by atoms with Gasteiger partial charge in [-0.25, -0.2) is 0 Å². The van der Waals surface area contributed by atoms with Gasteiger partial charge in [0.05, 0.1) is 13.7 Å². The molecule has 0 radical (unpaired) electrons. The number of carbonyl (C=O) groups is 3. The first-order valence-corrected chi connectivity index (χ1v) is 11.6. The van der Waals surface area contributed by atoms with Gasteiger partial charge in [0.1, 0.15) is 5.75 Å². The molecular weight excluding hydrogens is 436 g/mol. The van der Waals surface area contributed by atoms with Crippen molar-refractivity contribution in [2.45, 2.75) is 45.6 Å². The van der Waals surface area contributed by atoms with Crippen molar-refractivity contribution in [2.75, 3.05) is 26.8 Å². The lowest BCUT2D eigenvalue weighted by molar-refractivity contribution is -0.132. The van der Waals surface area contributed by atoms with Crippen LogP contribution in [0.25, 0.3) is 0 Å². The van der Waals surface area contributed by atoms with Gasteiger partial charge in [0.25, 0.3) is 5.91 Å². The van der Waals surface area contributed by atoms with E-state index in [4.69, 9.17) is 14.2 Å². The van der Waals surface area contributed by atoms with E-state index in [2.05, 4.69) is 5.32 Å². The Kier molecular flexibility index (Phi) is 8.90. The Morgan fingerprint density at radius 1 is 1.06 bits per heavy atom. The molecular formula is C26H32N2O6. The normalized spacial score (nSPS) is 13.8. The lowest BCUT2D eigenvalue weighted by Crippen LogP contribution is -2.46. The molecule has 2 amide bonds. The van der Waals surface area contributed by atoms with Gasteiger partial charge in [0.15, 0.2) is 11.5 Å². The summed E-state index contributed by atoms with van der Waals surface area (Å²) >= 11 is 0. The van der Waals surface area contributed by atoms with Gasteiger partial charge in [-0.05, 0) is 62.1 Å². The highest BCUT2D eigenvalue weighted by atomic mass is 16.5. The molecule has 1 N–H and O–H groups in total. The van der Waals surface area contributed by atoms with Gasteiger partial charge >= 0.3 is 5.97 Å². The first-order chi connectivity index (χ1) is 16.4. The van der Waals surface area contributed by atoms with Crippen molar-refractivity contribution in [3.8, 4) is 17.2 Å². The first kappa shape index (κ1) is 25.1. The number of amides is 2. The quantitative estimate of drug-likeness (QED) is 0.448. The van der Waals surface area contributed by atoms with E-state index in [1.54, 1.807) is 36.3 Å². The largest absolute Gasteiger partial charge is 0.493 e. The number of nitrogens with one attached hydrogen (secondary N) is 1. The number of hydrogen-bond acceptors (Lipinski definition) is 6. The fraction of sp³-hybridized carbons (Fsp3) is 0.423. The van der Waals surface area contributed by atoms with E-state index in [-0.39, 0.29) is 17.9 Å². The van der Waals surface area contributed by atoms with Crippen LogP contribution in [0.15, 0.2) is 42.5 Å². The molecule has 34 heavy (non-hydrogen) atoms. The van der Waals surface area contributed by atoms with Gasteiger partial charge in [-0.3, -0.25) is 14.4 Å². The van der Waals surface area contributed by atoms with Gasteiger partial charge in [-0.15, -0.1) is 0 Å². The molecule has 1 aliphatic rings. The summed E-state index contributed by atoms with van der Waals surface area (Å²) in [5.41, 5.74) is 1.49. The van der Waals surface area contributed by atoms with Crippen LogP contribution in [0, 0.1) is 0 Å². The second kappa shape index (κ2) is 12.1. The summed E-state index contributed by atoms with van der Waals surface area (Å²) in [5, 5.41) is 3.09. The van der Waals surface area contributed by atoms with Gasteiger partial charge < -0.3 is 24.4 Å². The highest BCUT2D eigenvalue weighted by Gasteiger charge is 2.25. The van der Waals surface area contributed by atoms with Crippen LogP contribution in [0.1, 0.15) is 49.0 Å². The minimum absolute atomic E-state index is 0.00768. The van der Waals surface area contributed by atoms with E-state index in [0.717, 1.165) is 5.56 Å². The zero-order chi connectivity index (χ0) is 24.5. The number of carbonyl (C=O) groups excluding carboxylic acids is 3. The van der Waals surface area contributed by atoms with Crippen molar-refractivity contribution in [2.24, 2.45) is 0 Å². The summed E-state index contributed by atoms with van der Waals surface area (Å²) in [6.07, 6.45) is 2.36.